The smallest absolute Gasteiger partial charge is 0.257 e. The van der Waals surface area contributed by atoms with E-state index in [0.717, 1.165) is 30.6 Å². The van der Waals surface area contributed by atoms with E-state index in [2.05, 4.69) is 47.6 Å². The zero-order valence-corrected chi connectivity index (χ0v) is 24.1. The summed E-state index contributed by atoms with van der Waals surface area (Å²) in [7, 11) is 2.10. The van der Waals surface area contributed by atoms with Crippen LogP contribution in [-0.4, -0.2) is 79.2 Å². The van der Waals surface area contributed by atoms with Gasteiger partial charge < -0.3 is 20.3 Å². The van der Waals surface area contributed by atoms with E-state index in [1.165, 1.54) is 18.6 Å². The topological polar surface area (TPSA) is 106 Å². The molecule has 14 heteroatoms. The molecule has 0 radical (unpaired) electrons. The van der Waals surface area contributed by atoms with E-state index in [0.29, 0.717) is 52.1 Å². The molecule has 1 aliphatic heterocycles. The summed E-state index contributed by atoms with van der Waals surface area (Å²) in [6.45, 7) is 1.44. The number of hydrogen-bond donors (Lipinski definition) is 2. The summed E-state index contributed by atoms with van der Waals surface area (Å²) in [5.41, 5.74) is 2.37. The van der Waals surface area contributed by atoms with Crippen molar-refractivity contribution in [3.05, 3.63) is 55.2 Å². The Morgan fingerprint density at radius 2 is 1.86 bits per heavy atom. The summed E-state index contributed by atoms with van der Waals surface area (Å²) in [5.74, 6) is -0.910. The van der Waals surface area contributed by atoms with Crippen LogP contribution in [0.5, 0.6) is 5.75 Å². The van der Waals surface area contributed by atoms with Gasteiger partial charge >= 0.3 is 0 Å². The van der Waals surface area contributed by atoms with Gasteiger partial charge in [0.25, 0.3) is 6.43 Å². The maximum absolute atomic E-state index is 14.0. The van der Waals surface area contributed by atoms with Crippen molar-refractivity contribution in [2.45, 2.75) is 63.1 Å². The highest BCUT2D eigenvalue weighted by molar-refractivity contribution is 5.78. The van der Waals surface area contributed by atoms with Crippen LogP contribution in [0.3, 0.4) is 0 Å². The minimum atomic E-state index is -2.71. The minimum absolute atomic E-state index is 0.142. The van der Waals surface area contributed by atoms with Gasteiger partial charge in [0.1, 0.15) is 30.0 Å². The molecule has 10 nitrogen and oxygen atoms in total. The molecule has 0 aromatic carbocycles. The van der Waals surface area contributed by atoms with Gasteiger partial charge in [-0.2, -0.15) is 5.10 Å². The van der Waals surface area contributed by atoms with Gasteiger partial charge in [-0.25, -0.2) is 32.5 Å². The lowest BCUT2D eigenvalue weighted by Crippen LogP contribution is -2.35. The first kappa shape index (κ1) is 29.7. The van der Waals surface area contributed by atoms with Crippen molar-refractivity contribution in [1.82, 2.24) is 34.6 Å². The number of alkyl halides is 4. The molecule has 2 fully saturated rings. The van der Waals surface area contributed by atoms with Crippen LogP contribution in [0.25, 0.3) is 22.6 Å². The lowest BCUT2D eigenvalue weighted by molar-refractivity contribution is 0.00852. The minimum Gasteiger partial charge on any atom is -0.489 e. The number of anilines is 3. The molecule has 232 valence electrons. The molecule has 1 atom stereocenters. The molecule has 44 heavy (non-hydrogen) atoms. The van der Waals surface area contributed by atoms with Crippen molar-refractivity contribution >= 4 is 17.3 Å². The molecule has 5 heterocycles. The highest BCUT2D eigenvalue weighted by Crippen LogP contribution is 2.38. The van der Waals surface area contributed by atoms with E-state index in [9.17, 15) is 17.6 Å². The lowest BCUT2D eigenvalue weighted by atomic mass is 10.1. The van der Waals surface area contributed by atoms with Crippen molar-refractivity contribution in [2.24, 2.45) is 0 Å². The molecular weight excluding hydrogens is 578 g/mol. The Morgan fingerprint density at radius 3 is 2.59 bits per heavy atom. The van der Waals surface area contributed by atoms with Crippen molar-refractivity contribution in [3.63, 3.8) is 0 Å². The predicted octanol–water partition coefficient (Wildman–Crippen LogP) is 5.88. The van der Waals surface area contributed by atoms with E-state index < -0.39 is 24.9 Å². The van der Waals surface area contributed by atoms with Crippen molar-refractivity contribution in [1.29, 1.82) is 0 Å². The van der Waals surface area contributed by atoms with Gasteiger partial charge in [0.05, 0.1) is 23.7 Å². The zero-order valence-electron chi connectivity index (χ0n) is 24.1. The van der Waals surface area contributed by atoms with E-state index in [-0.39, 0.29) is 18.9 Å². The average Bonchev–Trinajstić information content (AvgIpc) is 3.60. The van der Waals surface area contributed by atoms with Gasteiger partial charge in [0.2, 0.25) is 5.92 Å². The standard InChI is InChI=1S/C30H33F4N9O/c1-42-10-6-21(7-11-42)44-22-2-3-24(36-15-22)23-16-37-28(12-25(23)39-20-4-8-30(33,34)13-20)40-27-5-9-35-29(41-27)19-14-38-43(17-19)18-26(31)32/h2-3,5,9,12,14-17,20-21,26H,4,6-8,10-11,13,18H2,1H3,(H2,35,37,39,40,41). The highest BCUT2D eigenvalue weighted by Gasteiger charge is 2.39. The number of likely N-dealkylation sites (tertiary alicyclic amines) is 1. The van der Waals surface area contributed by atoms with Crippen LogP contribution < -0.4 is 15.4 Å². The maximum atomic E-state index is 14.0. The Labute approximate surface area is 251 Å². The van der Waals surface area contributed by atoms with Crippen LogP contribution in [-0.2, 0) is 6.54 Å². The van der Waals surface area contributed by atoms with E-state index in [1.54, 1.807) is 24.5 Å². The molecule has 1 saturated heterocycles. The Morgan fingerprint density at radius 1 is 1.02 bits per heavy atom. The van der Waals surface area contributed by atoms with Gasteiger partial charge in [-0.05, 0) is 44.5 Å². The summed E-state index contributed by atoms with van der Waals surface area (Å²) in [6.07, 6.45) is 7.13. The molecule has 1 saturated carbocycles. The molecule has 1 aliphatic carbocycles. The molecule has 0 bridgehead atoms. The Bertz CT molecular complexity index is 1560. The lowest BCUT2D eigenvalue weighted by Gasteiger charge is -2.29. The highest BCUT2D eigenvalue weighted by atomic mass is 19.3. The quantitative estimate of drug-likeness (QED) is 0.213. The number of rotatable bonds is 10. The van der Waals surface area contributed by atoms with Crippen LogP contribution in [0.2, 0.25) is 0 Å². The first-order chi connectivity index (χ1) is 21.2. The second-order valence-corrected chi connectivity index (χ2v) is 11.3. The third-order valence-corrected chi connectivity index (χ3v) is 7.78. The molecular formula is C30H33F4N9O. The number of piperidine rings is 1. The number of nitrogens with one attached hydrogen (secondary N) is 2. The molecule has 0 amide bonds. The largest absolute Gasteiger partial charge is 0.489 e. The van der Waals surface area contributed by atoms with Crippen molar-refractivity contribution in [3.8, 4) is 28.4 Å². The average molecular weight is 612 g/mol. The number of ether oxygens (including phenoxy) is 1. The van der Waals surface area contributed by atoms with Gasteiger partial charge in [-0.1, -0.05) is 0 Å². The zero-order chi connectivity index (χ0) is 30.7. The summed E-state index contributed by atoms with van der Waals surface area (Å²) < 4.78 is 60.8. The van der Waals surface area contributed by atoms with Gasteiger partial charge in [0.15, 0.2) is 5.82 Å². The van der Waals surface area contributed by atoms with Crippen LogP contribution in [0.15, 0.2) is 55.2 Å². The first-order valence-electron chi connectivity index (χ1n) is 14.6. The SMILES string of the molecule is CN1CCC(Oc2ccc(-c3cnc(Nc4ccnc(-c5cnn(CC(F)F)c5)n4)cc3NC3CCC(F)(F)C3)nc2)CC1. The number of halogens is 4. The fourth-order valence-electron chi connectivity index (χ4n) is 5.46. The third kappa shape index (κ3) is 7.41. The van der Waals surface area contributed by atoms with Gasteiger partial charge in [0, 0.05) is 67.9 Å². The van der Waals surface area contributed by atoms with E-state index >= 15 is 0 Å². The Balaban J connectivity index is 1.22. The molecule has 0 spiro atoms. The van der Waals surface area contributed by atoms with Gasteiger partial charge in [-0.3, -0.25) is 9.67 Å². The molecule has 2 aliphatic rings. The van der Waals surface area contributed by atoms with Crippen LogP contribution in [0.1, 0.15) is 32.1 Å². The fraction of sp³-hybridized carbons (Fsp3) is 0.433. The Hall–Kier alpha value is -4.33. The number of aromatic nitrogens is 6. The van der Waals surface area contributed by atoms with Crippen molar-refractivity contribution < 1.29 is 22.3 Å². The predicted molar refractivity (Wildman–Crippen MR) is 157 cm³/mol. The van der Waals surface area contributed by atoms with E-state index in [1.807, 2.05) is 12.1 Å². The first-order valence-corrected chi connectivity index (χ1v) is 14.6. The monoisotopic (exact) mass is 611 g/mol. The summed E-state index contributed by atoms with van der Waals surface area (Å²) in [4.78, 5) is 20.1. The summed E-state index contributed by atoms with van der Waals surface area (Å²) >= 11 is 0. The van der Waals surface area contributed by atoms with Crippen LogP contribution in [0, 0.1) is 0 Å². The summed E-state index contributed by atoms with van der Waals surface area (Å²) in [5, 5.41) is 10.4. The van der Waals surface area contributed by atoms with Crippen molar-refractivity contribution in [2.75, 3.05) is 30.8 Å². The third-order valence-electron chi connectivity index (χ3n) is 7.78. The Kier molecular flexibility index (Phi) is 8.60. The summed E-state index contributed by atoms with van der Waals surface area (Å²) in [6, 6.07) is 6.66. The number of hydrogen-bond acceptors (Lipinski definition) is 9. The second kappa shape index (κ2) is 12.7. The fourth-order valence-corrected chi connectivity index (χ4v) is 5.46. The van der Waals surface area contributed by atoms with Gasteiger partial charge in [-0.15, -0.1) is 0 Å². The molecule has 1 unspecified atom stereocenters. The molecule has 2 N–H and O–H groups in total. The normalized spacial score (nSPS) is 18.9. The maximum Gasteiger partial charge on any atom is 0.257 e. The molecule has 4 aromatic rings. The number of pyridine rings is 2. The van der Waals surface area contributed by atoms with Crippen LogP contribution in [0.4, 0.5) is 34.9 Å². The second-order valence-electron chi connectivity index (χ2n) is 11.3. The van der Waals surface area contributed by atoms with Crippen LogP contribution >= 0.6 is 0 Å². The van der Waals surface area contributed by atoms with E-state index in [4.69, 9.17) is 4.74 Å². The molecule has 6 rings (SSSR count). The molecule has 4 aromatic heterocycles. The number of nitrogens with zero attached hydrogens (tertiary/aromatic N) is 7.